The highest BCUT2D eigenvalue weighted by Crippen LogP contribution is 2.14. The van der Waals surface area contributed by atoms with Crippen molar-refractivity contribution in [1.29, 1.82) is 0 Å². The van der Waals surface area contributed by atoms with Crippen molar-refractivity contribution >= 4 is 11.8 Å². The van der Waals surface area contributed by atoms with Gasteiger partial charge in [0.1, 0.15) is 0 Å². The molecule has 3 nitrogen and oxygen atoms in total. The molecule has 96 valence electrons. The van der Waals surface area contributed by atoms with E-state index in [0.717, 1.165) is 30.4 Å². The van der Waals surface area contributed by atoms with Crippen LogP contribution in [0.5, 0.6) is 0 Å². The number of nitrogens with one attached hydrogen (secondary N) is 1. The maximum absolute atomic E-state index is 4.46. The van der Waals surface area contributed by atoms with Crippen molar-refractivity contribution in [3.05, 3.63) is 23.9 Å². The van der Waals surface area contributed by atoms with Crippen molar-refractivity contribution in [2.45, 2.75) is 24.9 Å². The molecule has 1 N–H and O–H groups in total. The summed E-state index contributed by atoms with van der Waals surface area (Å²) in [4.78, 5) is 6.65. The molecule has 0 aliphatic carbocycles. The summed E-state index contributed by atoms with van der Waals surface area (Å²) < 4.78 is 0. The lowest BCUT2D eigenvalue weighted by Crippen LogP contribution is -2.15. The van der Waals surface area contributed by atoms with E-state index in [1.165, 1.54) is 12.0 Å². The van der Waals surface area contributed by atoms with Crippen LogP contribution < -0.4 is 5.32 Å². The van der Waals surface area contributed by atoms with Gasteiger partial charge in [-0.2, -0.15) is 0 Å². The van der Waals surface area contributed by atoms with Crippen LogP contribution in [0.2, 0.25) is 0 Å². The summed E-state index contributed by atoms with van der Waals surface area (Å²) in [6, 6.07) is 4.27. The number of thioether (sulfide) groups is 1. The predicted octanol–water partition coefficient (Wildman–Crippen LogP) is 2.23. The molecule has 0 aliphatic heterocycles. The summed E-state index contributed by atoms with van der Waals surface area (Å²) in [6.07, 6.45) is 3.15. The summed E-state index contributed by atoms with van der Waals surface area (Å²) >= 11 is 1.81. The van der Waals surface area contributed by atoms with Gasteiger partial charge in [-0.25, -0.2) is 4.98 Å². The molecule has 0 aromatic carbocycles. The van der Waals surface area contributed by atoms with Crippen LogP contribution in [-0.2, 0) is 6.54 Å². The van der Waals surface area contributed by atoms with E-state index in [0.29, 0.717) is 0 Å². The minimum atomic E-state index is 0.920. The van der Waals surface area contributed by atoms with Crippen LogP contribution in [-0.4, -0.2) is 42.8 Å². The molecule has 1 heterocycles. The zero-order valence-electron chi connectivity index (χ0n) is 11.1. The SMILES string of the molecule is CCCNCc1ccc(SCCN(C)C)nc1. The second-order valence-electron chi connectivity index (χ2n) is 4.33. The molecule has 0 fully saturated rings. The lowest BCUT2D eigenvalue weighted by atomic mass is 10.3. The third-order valence-electron chi connectivity index (χ3n) is 2.34. The molecular formula is C13H23N3S. The minimum absolute atomic E-state index is 0.920. The summed E-state index contributed by atoms with van der Waals surface area (Å²) in [7, 11) is 4.19. The first-order chi connectivity index (χ1) is 8.22. The zero-order chi connectivity index (χ0) is 12.5. The first-order valence-corrected chi connectivity index (χ1v) is 7.14. The van der Waals surface area contributed by atoms with Crippen LogP contribution >= 0.6 is 11.8 Å². The van der Waals surface area contributed by atoms with Gasteiger partial charge in [-0.15, -0.1) is 11.8 Å². The van der Waals surface area contributed by atoms with Gasteiger partial charge in [0, 0.05) is 25.0 Å². The lowest BCUT2D eigenvalue weighted by molar-refractivity contribution is 0.437. The molecule has 0 bridgehead atoms. The highest BCUT2D eigenvalue weighted by atomic mass is 32.2. The molecule has 1 aromatic rings. The number of hydrogen-bond donors (Lipinski definition) is 1. The largest absolute Gasteiger partial charge is 0.313 e. The summed E-state index contributed by atoms with van der Waals surface area (Å²) in [5.41, 5.74) is 1.26. The van der Waals surface area contributed by atoms with E-state index in [2.05, 4.69) is 48.4 Å². The Balaban J connectivity index is 2.29. The number of pyridine rings is 1. The highest BCUT2D eigenvalue weighted by Gasteiger charge is 1.98. The quantitative estimate of drug-likeness (QED) is 0.568. The molecule has 0 atom stereocenters. The van der Waals surface area contributed by atoms with Gasteiger partial charge < -0.3 is 10.2 Å². The van der Waals surface area contributed by atoms with Crippen LogP contribution in [0.25, 0.3) is 0 Å². The molecule has 1 rings (SSSR count). The van der Waals surface area contributed by atoms with Crippen molar-refractivity contribution in [3.63, 3.8) is 0 Å². The molecule has 0 radical (unpaired) electrons. The van der Waals surface area contributed by atoms with Gasteiger partial charge in [0.05, 0.1) is 5.03 Å². The molecule has 0 saturated carbocycles. The zero-order valence-corrected chi connectivity index (χ0v) is 11.9. The van der Waals surface area contributed by atoms with Gasteiger partial charge in [0.2, 0.25) is 0 Å². The Hall–Kier alpha value is -0.580. The fraction of sp³-hybridized carbons (Fsp3) is 0.615. The van der Waals surface area contributed by atoms with E-state index in [-0.39, 0.29) is 0 Å². The number of aromatic nitrogens is 1. The fourth-order valence-corrected chi connectivity index (χ4v) is 2.30. The minimum Gasteiger partial charge on any atom is -0.313 e. The lowest BCUT2D eigenvalue weighted by Gasteiger charge is -2.08. The predicted molar refractivity (Wildman–Crippen MR) is 75.5 cm³/mol. The molecule has 0 amide bonds. The molecule has 0 unspecified atom stereocenters. The van der Waals surface area contributed by atoms with Gasteiger partial charge >= 0.3 is 0 Å². The maximum Gasteiger partial charge on any atom is 0.0960 e. The Morgan fingerprint density at radius 3 is 2.76 bits per heavy atom. The Bertz CT molecular complexity index is 298. The number of nitrogens with zero attached hydrogens (tertiary/aromatic N) is 2. The van der Waals surface area contributed by atoms with Crippen LogP contribution in [0.1, 0.15) is 18.9 Å². The molecule has 17 heavy (non-hydrogen) atoms. The van der Waals surface area contributed by atoms with Crippen LogP contribution in [0, 0.1) is 0 Å². The molecular weight excluding hydrogens is 230 g/mol. The molecule has 0 aliphatic rings. The Labute approximate surface area is 109 Å². The average molecular weight is 253 g/mol. The van der Waals surface area contributed by atoms with Gasteiger partial charge in [-0.3, -0.25) is 0 Å². The molecule has 0 saturated heterocycles. The standard InChI is InChI=1S/C13H23N3S/c1-4-7-14-10-12-5-6-13(15-11-12)17-9-8-16(2)3/h5-6,11,14H,4,7-10H2,1-3H3. The van der Waals surface area contributed by atoms with Crippen molar-refractivity contribution in [2.24, 2.45) is 0 Å². The summed E-state index contributed by atoms with van der Waals surface area (Å²) in [6.45, 7) is 5.25. The number of hydrogen-bond acceptors (Lipinski definition) is 4. The van der Waals surface area contributed by atoms with Crippen molar-refractivity contribution < 1.29 is 0 Å². The van der Waals surface area contributed by atoms with Crippen LogP contribution in [0.15, 0.2) is 23.4 Å². The monoisotopic (exact) mass is 253 g/mol. The third kappa shape index (κ3) is 6.66. The van der Waals surface area contributed by atoms with E-state index in [1.807, 2.05) is 18.0 Å². The second kappa shape index (κ2) is 8.50. The van der Waals surface area contributed by atoms with Crippen molar-refractivity contribution in [1.82, 2.24) is 15.2 Å². The Kier molecular flexibility index (Phi) is 7.24. The normalized spacial score (nSPS) is 11.1. The first kappa shape index (κ1) is 14.5. The average Bonchev–Trinajstić information content (AvgIpc) is 2.31. The summed E-state index contributed by atoms with van der Waals surface area (Å²) in [5.74, 6) is 1.09. The van der Waals surface area contributed by atoms with Crippen molar-refractivity contribution in [2.75, 3.05) is 32.9 Å². The van der Waals surface area contributed by atoms with Crippen molar-refractivity contribution in [3.8, 4) is 0 Å². The van der Waals surface area contributed by atoms with Gasteiger partial charge in [-0.05, 0) is 38.7 Å². The van der Waals surface area contributed by atoms with Gasteiger partial charge in [0.15, 0.2) is 0 Å². The van der Waals surface area contributed by atoms with Gasteiger partial charge in [0.25, 0.3) is 0 Å². The molecule has 0 spiro atoms. The second-order valence-corrected chi connectivity index (χ2v) is 5.45. The van der Waals surface area contributed by atoms with Gasteiger partial charge in [-0.1, -0.05) is 13.0 Å². The van der Waals surface area contributed by atoms with E-state index in [1.54, 1.807) is 0 Å². The molecule has 4 heteroatoms. The maximum atomic E-state index is 4.46. The summed E-state index contributed by atoms with van der Waals surface area (Å²) in [5, 5.41) is 4.49. The van der Waals surface area contributed by atoms with E-state index in [4.69, 9.17) is 0 Å². The Morgan fingerprint density at radius 2 is 2.18 bits per heavy atom. The van der Waals surface area contributed by atoms with Crippen LogP contribution in [0.3, 0.4) is 0 Å². The first-order valence-electron chi connectivity index (χ1n) is 6.15. The third-order valence-corrected chi connectivity index (χ3v) is 3.27. The number of rotatable bonds is 8. The van der Waals surface area contributed by atoms with E-state index in [9.17, 15) is 0 Å². The fourth-order valence-electron chi connectivity index (χ4n) is 1.34. The van der Waals surface area contributed by atoms with Crippen LogP contribution in [0.4, 0.5) is 0 Å². The van der Waals surface area contributed by atoms with E-state index < -0.39 is 0 Å². The van der Waals surface area contributed by atoms with E-state index >= 15 is 0 Å². The highest BCUT2D eigenvalue weighted by molar-refractivity contribution is 7.99. The Morgan fingerprint density at radius 1 is 1.35 bits per heavy atom. The smallest absolute Gasteiger partial charge is 0.0960 e. The topological polar surface area (TPSA) is 28.2 Å². The molecule has 1 aromatic heterocycles.